The van der Waals surface area contributed by atoms with E-state index in [1.807, 2.05) is 22.6 Å². The van der Waals surface area contributed by atoms with Crippen LogP contribution < -0.4 is 10.5 Å². The Labute approximate surface area is 117 Å². The van der Waals surface area contributed by atoms with Crippen LogP contribution in [0.4, 0.5) is 0 Å². The maximum absolute atomic E-state index is 11.5. The average Bonchev–Trinajstić information content (AvgIpc) is 2.78. The number of halogens is 1. The van der Waals surface area contributed by atoms with Gasteiger partial charge in [0.15, 0.2) is 0 Å². The molecule has 2 rings (SSSR count). The second-order valence-electron chi connectivity index (χ2n) is 3.33. The first kappa shape index (κ1) is 12.7. The smallest absolute Gasteiger partial charge is 0.438 e. The van der Waals surface area contributed by atoms with Gasteiger partial charge in [-0.1, -0.05) is 5.92 Å². The summed E-state index contributed by atoms with van der Waals surface area (Å²) in [4.78, 5) is 11.5. The van der Waals surface area contributed by atoms with Crippen molar-refractivity contribution in [2.45, 2.75) is 6.54 Å². The fourth-order valence-corrected chi connectivity index (χ4v) is 1.53. The van der Waals surface area contributed by atoms with E-state index in [9.17, 15) is 4.79 Å². The van der Waals surface area contributed by atoms with Gasteiger partial charge in [-0.25, -0.2) is 4.79 Å². The van der Waals surface area contributed by atoms with E-state index in [0.717, 1.165) is 5.75 Å². The zero-order valence-corrected chi connectivity index (χ0v) is 11.7. The van der Waals surface area contributed by atoms with Crippen LogP contribution in [0.2, 0.25) is 0 Å². The monoisotopic (exact) mass is 356 g/mol. The van der Waals surface area contributed by atoms with Crippen LogP contribution in [0.3, 0.4) is 0 Å². The molecule has 1 heterocycles. The molecule has 0 unspecified atom stereocenters. The van der Waals surface area contributed by atoms with Gasteiger partial charge in [0, 0.05) is 28.2 Å². The van der Waals surface area contributed by atoms with Crippen LogP contribution in [0.25, 0.3) is 11.5 Å². The summed E-state index contributed by atoms with van der Waals surface area (Å²) in [5.41, 5.74) is 0.717. The number of aromatic nitrogens is 2. The molecule has 92 valence electrons. The van der Waals surface area contributed by atoms with Crippen molar-refractivity contribution < 1.29 is 9.15 Å². The lowest BCUT2D eigenvalue weighted by atomic mass is 10.2. The Morgan fingerprint density at radius 3 is 2.78 bits per heavy atom. The van der Waals surface area contributed by atoms with Crippen molar-refractivity contribution in [3.63, 3.8) is 0 Å². The zero-order valence-electron chi connectivity index (χ0n) is 9.51. The number of hydrogen-bond donors (Lipinski definition) is 0. The second kappa shape index (κ2) is 5.73. The summed E-state index contributed by atoms with van der Waals surface area (Å²) >= 11 is 1.90. The van der Waals surface area contributed by atoms with Crippen molar-refractivity contribution in [2.75, 3.05) is 7.11 Å². The van der Waals surface area contributed by atoms with Gasteiger partial charge in [0.1, 0.15) is 12.3 Å². The first-order valence-electron chi connectivity index (χ1n) is 5.05. The predicted octanol–water partition coefficient (Wildman–Crippen LogP) is 1.91. The van der Waals surface area contributed by atoms with E-state index in [-0.39, 0.29) is 12.4 Å². The predicted molar refractivity (Wildman–Crippen MR) is 74.5 cm³/mol. The lowest BCUT2D eigenvalue weighted by molar-refractivity contribution is 0.415. The van der Waals surface area contributed by atoms with E-state index in [1.54, 1.807) is 31.4 Å². The molecule has 0 aliphatic heterocycles. The molecule has 5 nitrogen and oxygen atoms in total. The van der Waals surface area contributed by atoms with Crippen molar-refractivity contribution >= 4 is 22.6 Å². The van der Waals surface area contributed by atoms with E-state index in [4.69, 9.17) is 9.15 Å². The van der Waals surface area contributed by atoms with E-state index < -0.39 is 5.76 Å². The summed E-state index contributed by atoms with van der Waals surface area (Å²) in [7, 11) is 1.59. The van der Waals surface area contributed by atoms with Gasteiger partial charge in [-0.3, -0.25) is 0 Å². The highest BCUT2D eigenvalue weighted by atomic mass is 127. The Balaban J connectivity index is 2.32. The lowest BCUT2D eigenvalue weighted by Crippen LogP contribution is -2.14. The molecular weight excluding hydrogens is 347 g/mol. The van der Waals surface area contributed by atoms with Crippen molar-refractivity contribution in [2.24, 2.45) is 0 Å². The molecule has 1 aromatic carbocycles. The number of benzene rings is 1. The molecule has 1 aromatic heterocycles. The van der Waals surface area contributed by atoms with E-state index in [1.165, 1.54) is 4.68 Å². The molecule has 0 spiro atoms. The molecule has 6 heteroatoms. The van der Waals surface area contributed by atoms with Crippen LogP contribution in [0.1, 0.15) is 0 Å². The van der Waals surface area contributed by atoms with Gasteiger partial charge in [0.25, 0.3) is 0 Å². The second-order valence-corrected chi connectivity index (χ2v) is 3.87. The molecule has 0 N–H and O–H groups in total. The highest BCUT2D eigenvalue weighted by Gasteiger charge is 2.09. The molecule has 0 fully saturated rings. The van der Waals surface area contributed by atoms with E-state index in [0.29, 0.717) is 5.56 Å². The molecule has 0 aliphatic carbocycles. The summed E-state index contributed by atoms with van der Waals surface area (Å²) in [6.45, 7) is 0.224. The van der Waals surface area contributed by atoms with Crippen LogP contribution in [-0.2, 0) is 6.54 Å². The summed E-state index contributed by atoms with van der Waals surface area (Å²) in [6.07, 6.45) is 0. The van der Waals surface area contributed by atoms with Crippen molar-refractivity contribution in [1.82, 2.24) is 9.78 Å². The van der Waals surface area contributed by atoms with Crippen LogP contribution >= 0.6 is 22.6 Å². The van der Waals surface area contributed by atoms with Crippen LogP contribution in [0.5, 0.6) is 5.75 Å². The molecule has 2 aromatic rings. The fourth-order valence-electron chi connectivity index (χ4n) is 1.36. The molecule has 0 saturated heterocycles. The summed E-state index contributed by atoms with van der Waals surface area (Å²) in [5, 5.41) is 4.06. The average molecular weight is 356 g/mol. The fraction of sp³-hybridized carbons (Fsp3) is 0.167. The molecule has 0 amide bonds. The maximum Gasteiger partial charge on any atom is 0.438 e. The number of methoxy groups -OCH3 is 1. The van der Waals surface area contributed by atoms with Gasteiger partial charge in [0.2, 0.25) is 5.89 Å². The van der Waals surface area contributed by atoms with E-state index >= 15 is 0 Å². The number of nitrogens with zero attached hydrogens (tertiary/aromatic N) is 2. The molecular formula is C12H9IN2O3. The highest BCUT2D eigenvalue weighted by molar-refractivity contribution is 14.1. The highest BCUT2D eigenvalue weighted by Crippen LogP contribution is 2.19. The SMILES string of the molecule is COc1ccc(-c2nn(CC#CI)c(=O)o2)cc1. The minimum atomic E-state index is -0.514. The molecule has 0 saturated carbocycles. The largest absolute Gasteiger partial charge is 0.497 e. The summed E-state index contributed by atoms with van der Waals surface area (Å²) in [5.74, 6) is 3.24. The minimum absolute atomic E-state index is 0.224. The molecule has 0 aliphatic rings. The lowest BCUT2D eigenvalue weighted by Gasteiger charge is -1.98. The molecule has 0 bridgehead atoms. The van der Waals surface area contributed by atoms with Crippen molar-refractivity contribution in [3.05, 3.63) is 34.8 Å². The standard InChI is InChI=1S/C12H9IN2O3/c1-17-10-5-3-9(4-6-10)11-14-15(8-2-7-13)12(16)18-11/h3-6H,8H2,1H3. The van der Waals surface area contributed by atoms with Gasteiger partial charge in [-0.15, -0.1) is 5.10 Å². The third-order valence-corrected chi connectivity index (χ3v) is 2.62. The normalized spacial score (nSPS) is 9.67. The first-order chi connectivity index (χ1) is 8.74. The van der Waals surface area contributed by atoms with Crippen LogP contribution in [0.15, 0.2) is 33.5 Å². The summed E-state index contributed by atoms with van der Waals surface area (Å²) < 4.78 is 14.0. The van der Waals surface area contributed by atoms with Crippen molar-refractivity contribution in [3.8, 4) is 27.1 Å². The zero-order chi connectivity index (χ0) is 13.0. The maximum atomic E-state index is 11.5. The Hall–Kier alpha value is -1.75. The van der Waals surface area contributed by atoms with Gasteiger partial charge >= 0.3 is 5.76 Å². The first-order valence-corrected chi connectivity index (χ1v) is 6.13. The van der Waals surface area contributed by atoms with Crippen molar-refractivity contribution in [1.29, 1.82) is 0 Å². The quantitative estimate of drug-likeness (QED) is 0.623. The topological polar surface area (TPSA) is 57.3 Å². The van der Waals surface area contributed by atoms with Gasteiger partial charge in [-0.05, 0) is 28.2 Å². The molecule has 0 radical (unpaired) electrons. The number of rotatable bonds is 3. The Morgan fingerprint density at radius 1 is 1.44 bits per heavy atom. The third kappa shape index (κ3) is 2.73. The van der Waals surface area contributed by atoms with Gasteiger partial charge < -0.3 is 9.15 Å². The number of hydrogen-bond acceptors (Lipinski definition) is 4. The molecule has 18 heavy (non-hydrogen) atoms. The Bertz CT molecular complexity index is 646. The molecule has 0 atom stereocenters. The van der Waals surface area contributed by atoms with Gasteiger partial charge in [0.05, 0.1) is 7.11 Å². The van der Waals surface area contributed by atoms with Crippen LogP contribution in [0, 0.1) is 9.85 Å². The van der Waals surface area contributed by atoms with E-state index in [2.05, 4.69) is 14.9 Å². The Morgan fingerprint density at radius 2 is 2.17 bits per heavy atom. The minimum Gasteiger partial charge on any atom is -0.497 e. The van der Waals surface area contributed by atoms with Gasteiger partial charge in [-0.2, -0.15) is 4.68 Å². The summed E-state index contributed by atoms with van der Waals surface area (Å²) in [6, 6.07) is 7.11. The third-order valence-electron chi connectivity index (χ3n) is 2.24. The Kier molecular flexibility index (Phi) is 4.04. The van der Waals surface area contributed by atoms with Crippen LogP contribution in [-0.4, -0.2) is 16.9 Å². The number of ether oxygens (including phenoxy) is 1.